The molecule has 0 bridgehead atoms. The molecule has 84 valence electrons. The first-order valence-electron chi connectivity index (χ1n) is 4.80. The molecule has 1 heterocycles. The summed E-state index contributed by atoms with van der Waals surface area (Å²) >= 11 is 2.11. The maximum Gasteiger partial charge on any atom is 0.347 e. The fraction of sp³-hybridized carbons (Fsp3) is 0.273. The highest BCUT2D eigenvalue weighted by Crippen LogP contribution is 2.14. The molecule has 0 N–H and O–H groups in total. The molecule has 0 aliphatic carbocycles. The number of hydrogen-bond acceptors (Lipinski definition) is 4. The molecule has 16 heavy (non-hydrogen) atoms. The van der Waals surface area contributed by atoms with Gasteiger partial charge in [-0.3, -0.25) is 0 Å². The summed E-state index contributed by atoms with van der Waals surface area (Å²) in [7, 11) is 0. The van der Waals surface area contributed by atoms with Crippen LogP contribution in [0.25, 0.3) is 0 Å². The summed E-state index contributed by atoms with van der Waals surface area (Å²) in [6.45, 7) is 0.323. The Kier molecular flexibility index (Phi) is 3.42. The Morgan fingerprint density at radius 1 is 1.50 bits per heavy atom. The normalized spacial score (nSPS) is 19.3. The predicted octanol–water partition coefficient (Wildman–Crippen LogP) is 1.76. The number of halogens is 1. The van der Waals surface area contributed by atoms with Gasteiger partial charge in [0.05, 0.1) is 12.2 Å². The summed E-state index contributed by atoms with van der Waals surface area (Å²) in [6.07, 6.45) is -0.306. The van der Waals surface area contributed by atoms with E-state index in [1.807, 2.05) is 6.07 Å². The van der Waals surface area contributed by atoms with Crippen LogP contribution in [-0.2, 0) is 14.3 Å². The van der Waals surface area contributed by atoms with Crippen LogP contribution < -0.4 is 0 Å². The zero-order valence-corrected chi connectivity index (χ0v) is 10.5. The number of carbonyl (C=O) groups is 2. The van der Waals surface area contributed by atoms with Crippen molar-refractivity contribution in [3.8, 4) is 0 Å². The lowest BCUT2D eigenvalue weighted by Gasteiger charge is -2.08. The van der Waals surface area contributed by atoms with Crippen molar-refractivity contribution in [2.24, 2.45) is 0 Å². The van der Waals surface area contributed by atoms with Crippen LogP contribution in [0.1, 0.15) is 16.8 Å². The largest absolute Gasteiger partial charge is 0.463 e. The first-order valence-corrected chi connectivity index (χ1v) is 5.88. The molecule has 1 aromatic rings. The van der Waals surface area contributed by atoms with Gasteiger partial charge in [0, 0.05) is 9.99 Å². The molecule has 5 heteroatoms. The van der Waals surface area contributed by atoms with Crippen molar-refractivity contribution >= 4 is 34.5 Å². The molecular weight excluding hydrogens is 323 g/mol. The van der Waals surface area contributed by atoms with Crippen molar-refractivity contribution in [2.45, 2.75) is 12.5 Å². The van der Waals surface area contributed by atoms with Crippen LogP contribution in [0.5, 0.6) is 0 Å². The molecule has 0 unspecified atom stereocenters. The molecule has 0 spiro atoms. The first kappa shape index (κ1) is 11.4. The predicted molar refractivity (Wildman–Crippen MR) is 63.9 cm³/mol. The minimum atomic E-state index is -0.745. The van der Waals surface area contributed by atoms with Gasteiger partial charge in [-0.15, -0.1) is 0 Å². The van der Waals surface area contributed by atoms with Gasteiger partial charge in [-0.25, -0.2) is 9.59 Å². The van der Waals surface area contributed by atoms with Gasteiger partial charge in [0.15, 0.2) is 0 Å². The van der Waals surface area contributed by atoms with Crippen LogP contribution in [0.2, 0.25) is 0 Å². The molecule has 0 saturated carbocycles. The van der Waals surface area contributed by atoms with Crippen molar-refractivity contribution < 1.29 is 19.1 Å². The van der Waals surface area contributed by atoms with Gasteiger partial charge >= 0.3 is 11.9 Å². The minimum Gasteiger partial charge on any atom is -0.463 e. The van der Waals surface area contributed by atoms with Crippen LogP contribution in [0.15, 0.2) is 24.3 Å². The van der Waals surface area contributed by atoms with E-state index in [0.29, 0.717) is 18.6 Å². The van der Waals surface area contributed by atoms with Gasteiger partial charge in [0.2, 0.25) is 6.10 Å². The second kappa shape index (κ2) is 4.82. The third-order valence-corrected chi connectivity index (χ3v) is 2.87. The average molecular weight is 332 g/mol. The van der Waals surface area contributed by atoms with E-state index < -0.39 is 18.0 Å². The Morgan fingerprint density at radius 3 is 2.94 bits per heavy atom. The fourth-order valence-electron chi connectivity index (χ4n) is 1.40. The van der Waals surface area contributed by atoms with Crippen LogP contribution in [0.4, 0.5) is 0 Å². The zero-order chi connectivity index (χ0) is 11.5. The van der Waals surface area contributed by atoms with Crippen molar-refractivity contribution in [3.63, 3.8) is 0 Å². The van der Waals surface area contributed by atoms with E-state index in [1.54, 1.807) is 18.2 Å². The third kappa shape index (κ3) is 2.52. The Labute approximate surface area is 106 Å². The molecule has 1 aromatic carbocycles. The molecule has 0 radical (unpaired) electrons. The average Bonchev–Trinajstić information content (AvgIpc) is 2.64. The SMILES string of the molecule is O=C(O[C@H]1CCOC1=O)c1cccc(I)c1. The fourth-order valence-corrected chi connectivity index (χ4v) is 1.94. The molecular formula is C11H9IO4. The Hall–Kier alpha value is -1.11. The summed E-state index contributed by atoms with van der Waals surface area (Å²) in [5.74, 6) is -0.943. The number of carbonyl (C=O) groups excluding carboxylic acids is 2. The van der Waals surface area contributed by atoms with Crippen LogP contribution in [0, 0.1) is 3.57 Å². The lowest BCUT2D eigenvalue weighted by Crippen LogP contribution is -2.22. The molecule has 4 nitrogen and oxygen atoms in total. The van der Waals surface area contributed by atoms with Crippen molar-refractivity contribution in [1.29, 1.82) is 0 Å². The van der Waals surface area contributed by atoms with E-state index >= 15 is 0 Å². The van der Waals surface area contributed by atoms with Crippen molar-refractivity contribution in [1.82, 2.24) is 0 Å². The zero-order valence-electron chi connectivity index (χ0n) is 8.31. The van der Waals surface area contributed by atoms with Crippen molar-refractivity contribution in [2.75, 3.05) is 6.61 Å². The molecule has 1 aliphatic heterocycles. The summed E-state index contributed by atoms with van der Waals surface area (Å²) in [5, 5.41) is 0. The third-order valence-electron chi connectivity index (χ3n) is 2.20. The highest BCUT2D eigenvalue weighted by atomic mass is 127. The molecule has 2 rings (SSSR count). The topological polar surface area (TPSA) is 52.6 Å². The highest BCUT2D eigenvalue weighted by Gasteiger charge is 2.30. The van der Waals surface area contributed by atoms with Gasteiger partial charge in [-0.2, -0.15) is 0 Å². The summed E-state index contributed by atoms with van der Waals surface area (Å²) in [6, 6.07) is 7.01. The van der Waals surface area contributed by atoms with E-state index in [4.69, 9.17) is 9.47 Å². The van der Waals surface area contributed by atoms with Crippen LogP contribution in [0.3, 0.4) is 0 Å². The van der Waals surface area contributed by atoms with Crippen molar-refractivity contribution in [3.05, 3.63) is 33.4 Å². The molecule has 0 amide bonds. The van der Waals surface area contributed by atoms with E-state index in [-0.39, 0.29) is 0 Å². The molecule has 1 saturated heterocycles. The monoisotopic (exact) mass is 332 g/mol. The van der Waals surface area contributed by atoms with Gasteiger partial charge in [0.1, 0.15) is 0 Å². The van der Waals surface area contributed by atoms with E-state index in [9.17, 15) is 9.59 Å². The number of hydrogen-bond donors (Lipinski definition) is 0. The summed E-state index contributed by atoms with van der Waals surface area (Å²) in [5.41, 5.74) is 0.451. The van der Waals surface area contributed by atoms with Gasteiger partial charge in [-0.1, -0.05) is 6.07 Å². The Morgan fingerprint density at radius 2 is 2.31 bits per heavy atom. The first-order chi connectivity index (χ1) is 7.66. The minimum absolute atomic E-state index is 0.323. The van der Waals surface area contributed by atoms with Crippen LogP contribution in [-0.4, -0.2) is 24.6 Å². The lowest BCUT2D eigenvalue weighted by molar-refractivity contribution is -0.145. The standard InChI is InChI=1S/C11H9IO4/c12-8-3-1-2-7(6-8)10(13)16-9-4-5-15-11(9)14/h1-3,6,9H,4-5H2/t9-/m0/s1. The number of rotatable bonds is 2. The smallest absolute Gasteiger partial charge is 0.347 e. The molecule has 1 fully saturated rings. The quantitative estimate of drug-likeness (QED) is 0.612. The molecule has 0 aromatic heterocycles. The molecule has 1 aliphatic rings. The van der Waals surface area contributed by atoms with Gasteiger partial charge in [0.25, 0.3) is 0 Å². The number of esters is 2. The maximum absolute atomic E-state index is 11.7. The van der Waals surface area contributed by atoms with Gasteiger partial charge in [-0.05, 0) is 40.8 Å². The Balaban J connectivity index is 2.05. The number of benzene rings is 1. The highest BCUT2D eigenvalue weighted by molar-refractivity contribution is 14.1. The summed E-state index contributed by atoms with van der Waals surface area (Å²) in [4.78, 5) is 22.8. The second-order valence-corrected chi connectivity index (χ2v) is 4.61. The van der Waals surface area contributed by atoms with Gasteiger partial charge < -0.3 is 9.47 Å². The molecule has 1 atom stereocenters. The number of ether oxygens (including phenoxy) is 2. The lowest BCUT2D eigenvalue weighted by atomic mass is 10.2. The van der Waals surface area contributed by atoms with Crippen LogP contribution >= 0.6 is 22.6 Å². The second-order valence-electron chi connectivity index (χ2n) is 3.36. The number of cyclic esters (lactones) is 1. The summed E-state index contributed by atoms with van der Waals surface area (Å²) < 4.78 is 10.7. The van der Waals surface area contributed by atoms with E-state index in [1.165, 1.54) is 0 Å². The Bertz CT molecular complexity index is 430. The van der Waals surface area contributed by atoms with E-state index in [2.05, 4.69) is 22.6 Å². The van der Waals surface area contributed by atoms with E-state index in [0.717, 1.165) is 3.57 Å². The maximum atomic E-state index is 11.7.